The van der Waals surface area contributed by atoms with Gasteiger partial charge in [-0.1, -0.05) is 26.0 Å². The summed E-state index contributed by atoms with van der Waals surface area (Å²) >= 11 is 1.97. The fourth-order valence-electron chi connectivity index (χ4n) is 1.36. The zero-order chi connectivity index (χ0) is 11.1. The van der Waals surface area contributed by atoms with Crippen LogP contribution >= 0.6 is 11.8 Å². The molecule has 15 heavy (non-hydrogen) atoms. The van der Waals surface area contributed by atoms with Crippen LogP contribution in [0.25, 0.3) is 0 Å². The van der Waals surface area contributed by atoms with Crippen molar-refractivity contribution in [3.05, 3.63) is 29.8 Å². The average molecular weight is 223 g/mol. The van der Waals surface area contributed by atoms with E-state index in [1.54, 1.807) is 0 Å². The van der Waals surface area contributed by atoms with Crippen molar-refractivity contribution in [1.82, 2.24) is 0 Å². The van der Waals surface area contributed by atoms with E-state index >= 15 is 0 Å². The van der Waals surface area contributed by atoms with Crippen LogP contribution in [-0.4, -0.2) is 11.8 Å². The summed E-state index contributed by atoms with van der Waals surface area (Å²) < 4.78 is 0. The van der Waals surface area contributed by atoms with Crippen molar-refractivity contribution in [2.45, 2.75) is 39.0 Å². The molecule has 0 saturated heterocycles. The lowest BCUT2D eigenvalue weighted by molar-refractivity contribution is 0.764. The van der Waals surface area contributed by atoms with E-state index in [1.165, 1.54) is 17.0 Å². The third-order valence-electron chi connectivity index (χ3n) is 2.43. The van der Waals surface area contributed by atoms with Gasteiger partial charge in [-0.3, -0.25) is 0 Å². The van der Waals surface area contributed by atoms with Gasteiger partial charge in [0.25, 0.3) is 0 Å². The van der Waals surface area contributed by atoms with E-state index in [1.807, 2.05) is 11.8 Å². The summed E-state index contributed by atoms with van der Waals surface area (Å²) in [7, 11) is 0. The highest BCUT2D eigenvalue weighted by Crippen LogP contribution is 2.17. The van der Waals surface area contributed by atoms with Crippen LogP contribution in [-0.2, 0) is 5.75 Å². The molecule has 0 aliphatic heterocycles. The minimum absolute atomic E-state index is 0.555. The summed E-state index contributed by atoms with van der Waals surface area (Å²) in [5.41, 5.74) is 2.66. The normalized spacial score (nSPS) is 12.5. The van der Waals surface area contributed by atoms with Crippen molar-refractivity contribution in [1.29, 1.82) is 0 Å². The van der Waals surface area contributed by atoms with Gasteiger partial charge in [0.1, 0.15) is 0 Å². The first-order valence-corrected chi connectivity index (χ1v) is 6.85. The molecule has 1 atom stereocenters. The molecule has 0 aliphatic rings. The maximum absolute atomic E-state index is 3.50. The minimum atomic E-state index is 0.555. The van der Waals surface area contributed by atoms with Gasteiger partial charge in [-0.05, 0) is 36.8 Å². The molecule has 0 spiro atoms. The lowest BCUT2D eigenvalue weighted by Crippen LogP contribution is -2.13. The van der Waals surface area contributed by atoms with Crippen molar-refractivity contribution in [2.24, 2.45) is 0 Å². The fourth-order valence-corrected chi connectivity index (χ4v) is 1.98. The molecule has 1 unspecified atom stereocenters. The molecule has 0 aromatic heterocycles. The van der Waals surface area contributed by atoms with Crippen LogP contribution in [0.5, 0.6) is 0 Å². The second-order valence-electron chi connectivity index (χ2n) is 3.79. The molecule has 0 aliphatic carbocycles. The molecule has 0 radical (unpaired) electrons. The predicted octanol–water partition coefficient (Wildman–Crippen LogP) is 4.15. The second kappa shape index (κ2) is 6.78. The Kier molecular flexibility index (Phi) is 5.62. The highest BCUT2D eigenvalue weighted by atomic mass is 32.2. The monoisotopic (exact) mass is 223 g/mol. The molecule has 1 aromatic carbocycles. The quantitative estimate of drug-likeness (QED) is 0.777. The van der Waals surface area contributed by atoms with Crippen LogP contribution in [0.3, 0.4) is 0 Å². The second-order valence-corrected chi connectivity index (χ2v) is 5.07. The standard InChI is InChI=1S/C13H21NS/c1-4-11(3)14-13-8-6-7-12(9-13)10-15-5-2/h6-9,11,14H,4-5,10H2,1-3H3. The van der Waals surface area contributed by atoms with E-state index < -0.39 is 0 Å². The lowest BCUT2D eigenvalue weighted by atomic mass is 10.2. The van der Waals surface area contributed by atoms with Crippen molar-refractivity contribution in [2.75, 3.05) is 11.1 Å². The smallest absolute Gasteiger partial charge is 0.0345 e. The molecule has 1 aromatic rings. The Balaban J connectivity index is 2.57. The molecule has 1 rings (SSSR count). The van der Waals surface area contributed by atoms with Crippen molar-refractivity contribution < 1.29 is 0 Å². The molecule has 2 heteroatoms. The summed E-state index contributed by atoms with van der Waals surface area (Å²) in [4.78, 5) is 0. The van der Waals surface area contributed by atoms with Crippen LogP contribution < -0.4 is 5.32 Å². The SMILES string of the molecule is CCSCc1cccc(NC(C)CC)c1. The number of hydrogen-bond acceptors (Lipinski definition) is 2. The van der Waals surface area contributed by atoms with Gasteiger partial charge in [-0.15, -0.1) is 0 Å². The van der Waals surface area contributed by atoms with Gasteiger partial charge < -0.3 is 5.32 Å². The molecule has 1 nitrogen and oxygen atoms in total. The van der Waals surface area contributed by atoms with Crippen molar-refractivity contribution in [3.63, 3.8) is 0 Å². The minimum Gasteiger partial charge on any atom is -0.383 e. The lowest BCUT2D eigenvalue weighted by Gasteiger charge is -2.13. The van der Waals surface area contributed by atoms with Crippen molar-refractivity contribution in [3.8, 4) is 0 Å². The third kappa shape index (κ3) is 4.61. The van der Waals surface area contributed by atoms with Crippen LogP contribution in [0.1, 0.15) is 32.8 Å². The largest absolute Gasteiger partial charge is 0.383 e. The summed E-state index contributed by atoms with van der Waals surface area (Å²) in [5.74, 6) is 2.30. The zero-order valence-electron chi connectivity index (χ0n) is 9.92. The summed E-state index contributed by atoms with van der Waals surface area (Å²) in [5, 5.41) is 3.50. The zero-order valence-corrected chi connectivity index (χ0v) is 10.7. The number of nitrogens with one attached hydrogen (secondary N) is 1. The molecule has 0 fully saturated rings. The Labute approximate surface area is 97.7 Å². The fraction of sp³-hybridized carbons (Fsp3) is 0.538. The van der Waals surface area contributed by atoms with Gasteiger partial charge in [0.05, 0.1) is 0 Å². The van der Waals surface area contributed by atoms with E-state index in [0.717, 1.165) is 12.2 Å². The first kappa shape index (κ1) is 12.4. The maximum Gasteiger partial charge on any atom is 0.0345 e. The predicted molar refractivity (Wildman–Crippen MR) is 71.7 cm³/mol. The Morgan fingerprint density at radius 3 is 2.80 bits per heavy atom. The Morgan fingerprint density at radius 2 is 2.13 bits per heavy atom. The topological polar surface area (TPSA) is 12.0 Å². The number of thioether (sulfide) groups is 1. The van der Waals surface area contributed by atoms with Gasteiger partial charge in [-0.2, -0.15) is 11.8 Å². The average Bonchev–Trinajstić information content (AvgIpc) is 2.26. The van der Waals surface area contributed by atoms with Crippen LogP contribution in [0.15, 0.2) is 24.3 Å². The molecule has 0 amide bonds. The highest BCUT2D eigenvalue weighted by molar-refractivity contribution is 7.98. The summed E-state index contributed by atoms with van der Waals surface area (Å²) in [6.45, 7) is 6.62. The first-order valence-electron chi connectivity index (χ1n) is 5.69. The summed E-state index contributed by atoms with van der Waals surface area (Å²) in [6.07, 6.45) is 1.16. The van der Waals surface area contributed by atoms with E-state index in [2.05, 4.69) is 50.4 Å². The van der Waals surface area contributed by atoms with E-state index in [-0.39, 0.29) is 0 Å². The van der Waals surface area contributed by atoms with E-state index in [9.17, 15) is 0 Å². The molecule has 84 valence electrons. The number of hydrogen-bond donors (Lipinski definition) is 1. The molecular formula is C13H21NS. The first-order chi connectivity index (χ1) is 7.26. The Bertz CT molecular complexity index is 286. The van der Waals surface area contributed by atoms with Crippen LogP contribution in [0, 0.1) is 0 Å². The molecule has 1 N–H and O–H groups in total. The number of anilines is 1. The van der Waals surface area contributed by atoms with Gasteiger partial charge in [0, 0.05) is 17.5 Å². The van der Waals surface area contributed by atoms with Crippen LogP contribution in [0.4, 0.5) is 5.69 Å². The van der Waals surface area contributed by atoms with Gasteiger partial charge in [0.2, 0.25) is 0 Å². The van der Waals surface area contributed by atoms with Crippen molar-refractivity contribution >= 4 is 17.4 Å². The Hall–Kier alpha value is -0.630. The summed E-state index contributed by atoms with van der Waals surface area (Å²) in [6, 6.07) is 9.29. The van der Waals surface area contributed by atoms with E-state index in [0.29, 0.717) is 6.04 Å². The Morgan fingerprint density at radius 1 is 1.33 bits per heavy atom. The molecule has 0 heterocycles. The van der Waals surface area contributed by atoms with Gasteiger partial charge in [-0.25, -0.2) is 0 Å². The van der Waals surface area contributed by atoms with E-state index in [4.69, 9.17) is 0 Å². The maximum atomic E-state index is 3.50. The number of rotatable bonds is 6. The molecular weight excluding hydrogens is 202 g/mol. The highest BCUT2D eigenvalue weighted by Gasteiger charge is 1.99. The molecule has 0 saturated carbocycles. The third-order valence-corrected chi connectivity index (χ3v) is 3.37. The van der Waals surface area contributed by atoms with Gasteiger partial charge >= 0.3 is 0 Å². The molecule has 0 bridgehead atoms. The number of benzene rings is 1. The van der Waals surface area contributed by atoms with Crippen LogP contribution in [0.2, 0.25) is 0 Å². The van der Waals surface area contributed by atoms with Gasteiger partial charge in [0.15, 0.2) is 0 Å².